The van der Waals surface area contributed by atoms with Gasteiger partial charge >= 0.3 is 6.18 Å². The van der Waals surface area contributed by atoms with Gasteiger partial charge in [-0.1, -0.05) is 23.6 Å². The minimum Gasteiger partial charge on any atom is -0.382 e. The fourth-order valence-corrected chi connectivity index (χ4v) is 6.55. The van der Waals surface area contributed by atoms with Gasteiger partial charge in [-0.05, 0) is 68.5 Å². The predicted octanol–water partition coefficient (Wildman–Crippen LogP) is 6.65. The molecule has 0 aliphatic heterocycles. The summed E-state index contributed by atoms with van der Waals surface area (Å²) in [6.45, 7) is 2.31. The topological polar surface area (TPSA) is 138 Å². The number of aliphatic hydroxyl groups is 1. The third kappa shape index (κ3) is 7.85. The zero-order valence-corrected chi connectivity index (χ0v) is 28.6. The molecule has 1 aliphatic carbocycles. The maximum atomic E-state index is 15.2. The van der Waals surface area contributed by atoms with E-state index in [2.05, 4.69) is 27.8 Å². The second-order valence-corrected chi connectivity index (χ2v) is 13.0. The first kappa shape index (κ1) is 38.1. The number of nitrogens with zero attached hydrogens (tertiary/aromatic N) is 5. The predicted molar refractivity (Wildman–Crippen MR) is 179 cm³/mol. The van der Waals surface area contributed by atoms with Crippen LogP contribution in [0.15, 0.2) is 42.5 Å². The second-order valence-electron chi connectivity index (χ2n) is 12.6. The first-order chi connectivity index (χ1) is 24.2. The monoisotopic (exact) mass is 749 g/mol. The molecule has 1 aliphatic rings. The van der Waals surface area contributed by atoms with Crippen LogP contribution in [-0.4, -0.2) is 41.7 Å². The molecule has 3 aromatic heterocycles. The van der Waals surface area contributed by atoms with E-state index in [0.29, 0.717) is 32.8 Å². The molecule has 3 heterocycles. The highest BCUT2D eigenvalue weighted by molar-refractivity contribution is 6.37. The van der Waals surface area contributed by atoms with Crippen LogP contribution in [0, 0.1) is 23.5 Å². The van der Waals surface area contributed by atoms with Crippen molar-refractivity contribution in [2.45, 2.75) is 63.3 Å². The highest BCUT2D eigenvalue weighted by Crippen LogP contribution is 2.47. The van der Waals surface area contributed by atoms with Crippen molar-refractivity contribution in [1.82, 2.24) is 24.5 Å². The van der Waals surface area contributed by atoms with Gasteiger partial charge in [0.2, 0.25) is 6.41 Å². The van der Waals surface area contributed by atoms with Gasteiger partial charge in [0, 0.05) is 42.1 Å². The van der Waals surface area contributed by atoms with E-state index in [4.69, 9.17) is 27.1 Å². The molecule has 274 valence electrons. The first-order valence-electron chi connectivity index (χ1n) is 15.6. The number of aromatic nitrogens is 5. The number of rotatable bonds is 6. The fourth-order valence-electron chi connectivity index (χ4n) is 6.30. The van der Waals surface area contributed by atoms with Gasteiger partial charge in [0.15, 0.2) is 11.5 Å². The van der Waals surface area contributed by atoms with E-state index in [-0.39, 0.29) is 40.6 Å². The van der Waals surface area contributed by atoms with Crippen LogP contribution >= 0.6 is 11.6 Å². The third-order valence-corrected chi connectivity index (χ3v) is 8.53. The molecule has 0 bridgehead atoms. The Labute approximate surface area is 297 Å². The Balaban J connectivity index is 0.00000168. The lowest BCUT2D eigenvalue weighted by Gasteiger charge is -2.23. The molecule has 5 aromatic rings. The summed E-state index contributed by atoms with van der Waals surface area (Å²) in [7, 11) is 1.62. The molecule has 0 fully saturated rings. The van der Waals surface area contributed by atoms with Crippen LogP contribution in [0.3, 0.4) is 0 Å². The van der Waals surface area contributed by atoms with E-state index >= 15 is 8.78 Å². The Kier molecular flexibility index (Phi) is 10.3. The quantitative estimate of drug-likeness (QED) is 0.101. The van der Waals surface area contributed by atoms with Crippen LogP contribution in [0.2, 0.25) is 5.02 Å². The minimum atomic E-state index is -5.01. The number of primary amides is 1. The van der Waals surface area contributed by atoms with E-state index in [1.165, 1.54) is 24.6 Å². The van der Waals surface area contributed by atoms with Crippen molar-refractivity contribution in [2.24, 2.45) is 12.8 Å². The van der Waals surface area contributed by atoms with Crippen LogP contribution in [-0.2, 0) is 43.3 Å². The van der Waals surface area contributed by atoms with Gasteiger partial charge < -0.3 is 16.6 Å². The Morgan fingerprint density at radius 2 is 1.71 bits per heavy atom. The van der Waals surface area contributed by atoms with E-state index in [0.717, 1.165) is 12.1 Å². The van der Waals surface area contributed by atoms with E-state index in [1.807, 2.05) is 0 Å². The number of hydrogen-bond acceptors (Lipinski definition) is 6. The Bertz CT molecular complexity index is 2210. The van der Waals surface area contributed by atoms with Crippen molar-refractivity contribution >= 4 is 34.7 Å². The number of nitrogen functional groups attached to an aromatic ring is 1. The standard InChI is InChI=1S/C34H28ClF7N6O.CH3NO/c1-32(2,49)10-8-21-4-5-22(23-6-7-25(35)26-28(23)47(3)46-31(26)43)27(44-21)18(12-17-13-19(36)15-20(37)14-17)16-48-30-24(9-11-33(30,38)39)29(45-48)34(40,41)42;2-1-3/h4-7,13-15,18,49H,9,11-12,16H2,1-3H3,(H2,43,46);1H,(H2,2,3)/t18-;/m1./s1. The van der Waals surface area contributed by atoms with Crippen molar-refractivity contribution in [1.29, 1.82) is 0 Å². The highest BCUT2D eigenvalue weighted by Gasteiger charge is 2.50. The molecule has 17 heteroatoms. The summed E-state index contributed by atoms with van der Waals surface area (Å²) in [4.78, 5) is 13.3. The number of pyridine rings is 1. The summed E-state index contributed by atoms with van der Waals surface area (Å²) >= 11 is 6.47. The molecule has 6 rings (SSSR count). The zero-order chi connectivity index (χ0) is 38.3. The molecule has 0 unspecified atom stereocenters. The third-order valence-electron chi connectivity index (χ3n) is 8.21. The van der Waals surface area contributed by atoms with Gasteiger partial charge in [-0.3, -0.25) is 14.2 Å². The molecule has 0 radical (unpaired) electrons. The molecule has 5 N–H and O–H groups in total. The number of carbonyl (C=O) groups is 1. The summed E-state index contributed by atoms with van der Waals surface area (Å²) in [5.74, 6) is -1.03. The summed E-state index contributed by atoms with van der Waals surface area (Å²) in [6, 6.07) is 9.11. The number of halogens is 8. The van der Waals surface area contributed by atoms with Crippen molar-refractivity contribution in [3.8, 4) is 23.0 Å². The summed E-state index contributed by atoms with van der Waals surface area (Å²) in [5, 5.41) is 18.8. The number of fused-ring (bicyclic) bond motifs is 2. The lowest BCUT2D eigenvalue weighted by Crippen LogP contribution is -2.22. The van der Waals surface area contributed by atoms with Crippen molar-refractivity contribution in [3.05, 3.63) is 93.0 Å². The molecule has 0 spiro atoms. The summed E-state index contributed by atoms with van der Waals surface area (Å²) in [5.41, 5.74) is 7.64. The molecule has 1 amide bonds. The van der Waals surface area contributed by atoms with E-state index < -0.39 is 71.6 Å². The SMILES string of the molecule is Cn1nc(N)c2c(Cl)ccc(-c3ccc(C#CC(C)(C)O)nc3[C@H](Cc3cc(F)cc(F)c3)Cn3nc(C(F)(F)F)c4c3C(F)(F)CC4)c21.NC=O. The molecule has 52 heavy (non-hydrogen) atoms. The second kappa shape index (κ2) is 14.1. The number of benzene rings is 2. The molecule has 2 aromatic carbocycles. The van der Waals surface area contributed by atoms with Crippen molar-refractivity contribution < 1.29 is 40.6 Å². The van der Waals surface area contributed by atoms with Crippen molar-refractivity contribution in [2.75, 3.05) is 5.73 Å². The number of nitrogens with two attached hydrogens (primary N) is 2. The smallest absolute Gasteiger partial charge is 0.382 e. The zero-order valence-electron chi connectivity index (χ0n) is 27.8. The Morgan fingerprint density at radius 3 is 2.33 bits per heavy atom. The first-order valence-corrected chi connectivity index (χ1v) is 15.9. The normalized spacial score (nSPS) is 14.3. The van der Waals surface area contributed by atoms with Crippen molar-refractivity contribution in [3.63, 3.8) is 0 Å². The molecular weight excluding hydrogens is 719 g/mol. The average Bonchev–Trinajstić information content (AvgIpc) is 3.66. The molecular formula is C35H31ClF7N7O2. The average molecular weight is 750 g/mol. The van der Waals surface area contributed by atoms with Gasteiger partial charge in [-0.25, -0.2) is 13.8 Å². The number of aryl methyl sites for hydroxylation is 1. The number of alkyl halides is 5. The molecule has 9 nitrogen and oxygen atoms in total. The maximum absolute atomic E-state index is 15.2. The number of amides is 1. The van der Waals surface area contributed by atoms with Crippen LogP contribution in [0.5, 0.6) is 0 Å². The molecule has 1 atom stereocenters. The number of carbonyl (C=O) groups excluding carboxylic acids is 1. The van der Waals surface area contributed by atoms with Crippen LogP contribution in [0.25, 0.3) is 22.0 Å². The Hall–Kier alpha value is -5.14. The lowest BCUT2D eigenvalue weighted by atomic mass is 9.89. The molecule has 0 saturated carbocycles. The van der Waals surface area contributed by atoms with Crippen LogP contribution < -0.4 is 11.5 Å². The fraction of sp³-hybridized carbons (Fsp3) is 0.314. The van der Waals surface area contributed by atoms with Gasteiger partial charge in [0.05, 0.1) is 28.2 Å². The van der Waals surface area contributed by atoms with Gasteiger partial charge in [0.25, 0.3) is 5.92 Å². The minimum absolute atomic E-state index is 0.0841. The lowest BCUT2D eigenvalue weighted by molar-refractivity contribution is -0.142. The highest BCUT2D eigenvalue weighted by atomic mass is 35.5. The van der Waals surface area contributed by atoms with Gasteiger partial charge in [-0.2, -0.15) is 32.1 Å². The summed E-state index contributed by atoms with van der Waals surface area (Å²) in [6.07, 6.45) is -6.39. The maximum Gasteiger partial charge on any atom is 0.435 e. The van der Waals surface area contributed by atoms with Crippen LogP contribution in [0.4, 0.5) is 36.6 Å². The van der Waals surface area contributed by atoms with Gasteiger partial charge in [-0.15, -0.1) is 0 Å². The largest absolute Gasteiger partial charge is 0.435 e. The van der Waals surface area contributed by atoms with E-state index in [1.54, 1.807) is 25.2 Å². The Morgan fingerprint density at radius 1 is 1.08 bits per heavy atom. The van der Waals surface area contributed by atoms with Gasteiger partial charge in [0.1, 0.15) is 28.6 Å². The number of anilines is 1. The molecule has 0 saturated heterocycles. The summed E-state index contributed by atoms with van der Waals surface area (Å²) < 4.78 is 104. The van der Waals surface area contributed by atoms with E-state index in [9.17, 15) is 27.1 Å². The number of hydrogen-bond donors (Lipinski definition) is 3. The van der Waals surface area contributed by atoms with Crippen LogP contribution in [0.1, 0.15) is 60.1 Å².